The number of fused-ring (bicyclic) bond motifs is 3. The number of amides is 1. The summed E-state index contributed by atoms with van der Waals surface area (Å²) in [6, 6.07) is 5.21. The van der Waals surface area contributed by atoms with Gasteiger partial charge in [-0.05, 0) is 57.4 Å². The van der Waals surface area contributed by atoms with Gasteiger partial charge in [-0.3, -0.25) is 4.79 Å². The molecule has 3 N–H and O–H groups in total. The van der Waals surface area contributed by atoms with Gasteiger partial charge in [-0.25, -0.2) is 0 Å². The third-order valence-electron chi connectivity index (χ3n) is 5.58. The van der Waals surface area contributed by atoms with Crippen LogP contribution in [0.3, 0.4) is 0 Å². The zero-order valence-electron chi connectivity index (χ0n) is 14.2. The fraction of sp³-hybridized carbons (Fsp3) is 0.556. The molecular weight excluding hydrogens is 304 g/mol. The number of aromatic nitrogens is 1. The van der Waals surface area contributed by atoms with Crippen LogP contribution < -0.4 is 11.1 Å². The maximum absolute atomic E-state index is 12.8. The van der Waals surface area contributed by atoms with E-state index in [1.807, 2.05) is 19.1 Å². The number of rotatable bonds is 2. The maximum Gasteiger partial charge on any atom is 0.293 e. The Labute approximate surface area is 141 Å². The number of piperidine rings is 2. The highest BCUT2D eigenvalue weighted by Gasteiger charge is 2.36. The van der Waals surface area contributed by atoms with E-state index in [2.05, 4.69) is 22.2 Å². The van der Waals surface area contributed by atoms with Crippen molar-refractivity contribution in [1.29, 1.82) is 0 Å². The van der Waals surface area contributed by atoms with Crippen LogP contribution in [0.4, 0.5) is 6.01 Å². The molecule has 1 aromatic carbocycles. The highest BCUT2D eigenvalue weighted by Crippen LogP contribution is 2.33. The van der Waals surface area contributed by atoms with Gasteiger partial charge >= 0.3 is 0 Å². The minimum absolute atomic E-state index is 0.0790. The summed E-state index contributed by atoms with van der Waals surface area (Å²) in [5.74, 6) is -0.0790. The number of benzene rings is 1. The van der Waals surface area contributed by atoms with Crippen LogP contribution in [-0.2, 0) is 0 Å². The number of carbonyl (C=O) groups is 1. The molecule has 0 saturated carbocycles. The van der Waals surface area contributed by atoms with Gasteiger partial charge in [-0.2, -0.15) is 4.98 Å². The minimum atomic E-state index is -0.0790. The van der Waals surface area contributed by atoms with E-state index < -0.39 is 0 Å². The summed E-state index contributed by atoms with van der Waals surface area (Å²) in [7, 11) is 2.22. The van der Waals surface area contributed by atoms with Gasteiger partial charge in [0.15, 0.2) is 5.58 Å². The van der Waals surface area contributed by atoms with Gasteiger partial charge < -0.3 is 20.4 Å². The largest absolute Gasteiger partial charge is 0.424 e. The fourth-order valence-electron chi connectivity index (χ4n) is 4.35. The van der Waals surface area contributed by atoms with Crippen molar-refractivity contribution < 1.29 is 9.21 Å². The predicted molar refractivity (Wildman–Crippen MR) is 92.8 cm³/mol. The number of carbonyl (C=O) groups excluding carboxylic acids is 1. The molecule has 24 heavy (non-hydrogen) atoms. The van der Waals surface area contributed by atoms with Crippen LogP contribution >= 0.6 is 0 Å². The molecule has 128 valence electrons. The molecule has 0 aliphatic carbocycles. The second-order valence-corrected chi connectivity index (χ2v) is 7.26. The molecule has 0 radical (unpaired) electrons. The van der Waals surface area contributed by atoms with Crippen LogP contribution in [0.5, 0.6) is 0 Å². The summed E-state index contributed by atoms with van der Waals surface area (Å²) in [5.41, 5.74) is 8.28. The number of hydrogen-bond acceptors (Lipinski definition) is 5. The second kappa shape index (κ2) is 5.77. The zero-order valence-corrected chi connectivity index (χ0v) is 14.2. The molecule has 2 fully saturated rings. The summed E-state index contributed by atoms with van der Waals surface area (Å²) < 4.78 is 5.38. The third kappa shape index (κ3) is 2.65. The number of hydrogen-bond donors (Lipinski definition) is 2. The van der Waals surface area contributed by atoms with Gasteiger partial charge in [0, 0.05) is 18.1 Å². The summed E-state index contributed by atoms with van der Waals surface area (Å²) in [5, 5.41) is 3.22. The molecule has 1 aromatic heterocycles. The van der Waals surface area contributed by atoms with Crippen LogP contribution in [0.2, 0.25) is 0 Å². The molecular formula is C18H24N4O2. The standard InChI is InChI=1S/C18H24N4O2/c1-10-6-14(16-15(7-10)24-18(19)21-16)17(23)20-11-8-12-4-3-5-13(9-11)22(12)2/h6-7,11-13H,3-5,8-9H2,1-2H3,(H2,19,21)(H,20,23). The first-order valence-corrected chi connectivity index (χ1v) is 8.70. The van der Waals surface area contributed by atoms with E-state index in [1.54, 1.807) is 0 Å². The Morgan fingerprint density at radius 3 is 2.75 bits per heavy atom. The number of nitrogen functional groups attached to an aromatic ring is 1. The quantitative estimate of drug-likeness (QED) is 0.884. The Balaban J connectivity index is 1.57. The fourth-order valence-corrected chi connectivity index (χ4v) is 4.35. The Bertz CT molecular complexity index is 771. The molecule has 2 saturated heterocycles. The van der Waals surface area contributed by atoms with Crippen LogP contribution in [0.25, 0.3) is 11.1 Å². The molecule has 1 amide bonds. The Morgan fingerprint density at radius 2 is 2.04 bits per heavy atom. The number of aryl methyl sites for hydroxylation is 1. The lowest BCUT2D eigenvalue weighted by Gasteiger charge is -2.47. The molecule has 2 bridgehead atoms. The average Bonchev–Trinajstić information content (AvgIpc) is 2.87. The van der Waals surface area contributed by atoms with Gasteiger partial charge in [-0.15, -0.1) is 0 Å². The lowest BCUT2D eigenvalue weighted by atomic mass is 9.82. The van der Waals surface area contributed by atoms with E-state index in [4.69, 9.17) is 10.2 Å². The Morgan fingerprint density at radius 1 is 1.33 bits per heavy atom. The number of oxazole rings is 1. The van der Waals surface area contributed by atoms with E-state index in [-0.39, 0.29) is 18.0 Å². The van der Waals surface area contributed by atoms with Gasteiger partial charge in [0.1, 0.15) is 5.52 Å². The monoisotopic (exact) mass is 328 g/mol. The molecule has 6 nitrogen and oxygen atoms in total. The molecule has 2 atom stereocenters. The minimum Gasteiger partial charge on any atom is -0.424 e. The van der Waals surface area contributed by atoms with Crippen LogP contribution in [0.1, 0.15) is 48.0 Å². The molecule has 4 rings (SSSR count). The SMILES string of the molecule is Cc1cc(C(=O)NC2CC3CCCC(C2)N3C)c2nc(N)oc2c1. The molecule has 2 aromatic rings. The summed E-state index contributed by atoms with van der Waals surface area (Å²) >= 11 is 0. The maximum atomic E-state index is 12.8. The highest BCUT2D eigenvalue weighted by molar-refractivity contribution is 6.05. The van der Waals surface area contributed by atoms with Crippen molar-refractivity contribution >= 4 is 23.0 Å². The lowest BCUT2D eigenvalue weighted by Crippen LogP contribution is -2.55. The number of anilines is 1. The normalized spacial score (nSPS) is 27.3. The van der Waals surface area contributed by atoms with Crippen molar-refractivity contribution in [3.8, 4) is 0 Å². The molecule has 0 spiro atoms. The van der Waals surface area contributed by atoms with Crippen molar-refractivity contribution in [1.82, 2.24) is 15.2 Å². The predicted octanol–water partition coefficient (Wildman–Crippen LogP) is 2.46. The van der Waals surface area contributed by atoms with Crippen LogP contribution in [-0.4, -0.2) is 41.0 Å². The number of nitrogens with two attached hydrogens (primary N) is 1. The van der Waals surface area contributed by atoms with E-state index in [0.29, 0.717) is 28.7 Å². The number of nitrogens with one attached hydrogen (secondary N) is 1. The van der Waals surface area contributed by atoms with E-state index in [0.717, 1.165) is 18.4 Å². The smallest absolute Gasteiger partial charge is 0.293 e. The molecule has 3 heterocycles. The van der Waals surface area contributed by atoms with Gasteiger partial charge in [0.05, 0.1) is 5.56 Å². The first kappa shape index (κ1) is 15.4. The van der Waals surface area contributed by atoms with Crippen molar-refractivity contribution in [2.24, 2.45) is 0 Å². The molecule has 2 unspecified atom stereocenters. The van der Waals surface area contributed by atoms with Gasteiger partial charge in [-0.1, -0.05) is 6.42 Å². The molecule has 6 heteroatoms. The summed E-state index contributed by atoms with van der Waals surface area (Å²) in [6.45, 7) is 1.94. The van der Waals surface area contributed by atoms with E-state index in [1.165, 1.54) is 19.3 Å². The number of nitrogens with zero attached hydrogens (tertiary/aromatic N) is 2. The zero-order chi connectivity index (χ0) is 16.8. The van der Waals surface area contributed by atoms with Crippen LogP contribution in [0, 0.1) is 6.92 Å². The van der Waals surface area contributed by atoms with Crippen molar-refractivity contribution in [2.75, 3.05) is 12.8 Å². The van der Waals surface area contributed by atoms with Crippen molar-refractivity contribution in [2.45, 2.75) is 57.2 Å². The second-order valence-electron chi connectivity index (χ2n) is 7.26. The Kier molecular flexibility index (Phi) is 3.72. The van der Waals surface area contributed by atoms with Crippen molar-refractivity contribution in [3.05, 3.63) is 23.3 Å². The topological polar surface area (TPSA) is 84.4 Å². The van der Waals surface area contributed by atoms with E-state index in [9.17, 15) is 4.79 Å². The van der Waals surface area contributed by atoms with Gasteiger partial charge in [0.25, 0.3) is 11.9 Å². The van der Waals surface area contributed by atoms with Gasteiger partial charge in [0.2, 0.25) is 0 Å². The first-order valence-electron chi connectivity index (χ1n) is 8.70. The average molecular weight is 328 g/mol. The highest BCUT2D eigenvalue weighted by atomic mass is 16.4. The lowest BCUT2D eigenvalue weighted by molar-refractivity contribution is 0.0463. The van der Waals surface area contributed by atoms with Crippen molar-refractivity contribution in [3.63, 3.8) is 0 Å². The molecule has 2 aliphatic rings. The summed E-state index contributed by atoms with van der Waals surface area (Å²) in [6.07, 6.45) is 5.81. The van der Waals surface area contributed by atoms with Crippen LogP contribution in [0.15, 0.2) is 16.5 Å². The van der Waals surface area contributed by atoms with E-state index >= 15 is 0 Å². The summed E-state index contributed by atoms with van der Waals surface area (Å²) in [4.78, 5) is 19.5. The Hall–Kier alpha value is -2.08. The first-order chi connectivity index (χ1) is 11.5. The molecule has 2 aliphatic heterocycles. The third-order valence-corrected chi connectivity index (χ3v) is 5.58.